The zero-order valence-corrected chi connectivity index (χ0v) is 14.5. The van der Waals surface area contributed by atoms with Gasteiger partial charge in [0.15, 0.2) is 0 Å². The molecule has 1 fully saturated rings. The van der Waals surface area contributed by atoms with Crippen molar-refractivity contribution in [3.8, 4) is 0 Å². The van der Waals surface area contributed by atoms with Crippen LogP contribution in [0.5, 0.6) is 0 Å². The zero-order valence-electron chi connectivity index (χ0n) is 13.7. The molecule has 0 unspecified atom stereocenters. The molecule has 0 radical (unpaired) electrons. The van der Waals surface area contributed by atoms with Gasteiger partial charge in [-0.05, 0) is 26.1 Å². The van der Waals surface area contributed by atoms with Crippen molar-refractivity contribution in [2.24, 2.45) is 0 Å². The maximum Gasteiger partial charge on any atom is 0.608 e. The molecule has 0 spiro atoms. The number of rotatable bonds is 4. The summed E-state index contributed by atoms with van der Waals surface area (Å²) in [7, 11) is -4.01. The van der Waals surface area contributed by atoms with Gasteiger partial charge in [0.1, 0.15) is 0 Å². The van der Waals surface area contributed by atoms with E-state index in [1.165, 1.54) is 24.1 Å². The van der Waals surface area contributed by atoms with Gasteiger partial charge in [0.25, 0.3) is 10.0 Å². The van der Waals surface area contributed by atoms with E-state index in [-0.39, 0.29) is 18.0 Å². The molecule has 1 aliphatic heterocycles. The maximum absolute atomic E-state index is 12.1. The molecule has 0 saturated carbocycles. The van der Waals surface area contributed by atoms with Crippen molar-refractivity contribution in [3.63, 3.8) is 0 Å². The van der Waals surface area contributed by atoms with Crippen molar-refractivity contribution in [1.82, 2.24) is 9.62 Å². The van der Waals surface area contributed by atoms with Crippen LogP contribution in [0.25, 0.3) is 0 Å². The van der Waals surface area contributed by atoms with Crippen LogP contribution in [0.4, 0.5) is 0 Å². The molecule has 0 bridgehead atoms. The molecule has 1 saturated heterocycles. The molecular weight excluding hydrogens is 351 g/mol. The summed E-state index contributed by atoms with van der Waals surface area (Å²) in [5, 5.41) is 0. The Labute approximate surface area is 145 Å². The summed E-state index contributed by atoms with van der Waals surface area (Å²) in [6, 6.07) is 5.90. The number of carbonyl (C=O) groups is 3. The third kappa shape index (κ3) is 5.57. The summed E-state index contributed by atoms with van der Waals surface area (Å²) in [5.74, 6) is -2.33. The Morgan fingerprint density at radius 2 is 1.68 bits per heavy atom. The number of amides is 1. The first kappa shape index (κ1) is 18.9. The van der Waals surface area contributed by atoms with Gasteiger partial charge < -0.3 is 9.31 Å². The van der Waals surface area contributed by atoms with Crippen molar-refractivity contribution >= 4 is 35.0 Å². The average molecular weight is 368 g/mol. The maximum atomic E-state index is 12.1. The number of likely N-dealkylation sites (N-methyl/N-ethyl adjacent to an activating group) is 1. The van der Waals surface area contributed by atoms with Gasteiger partial charge in [0, 0.05) is 0 Å². The molecule has 1 amide bonds. The quantitative estimate of drug-likeness (QED) is 0.695. The lowest BCUT2D eigenvalue weighted by molar-refractivity contribution is -0.145. The van der Waals surface area contributed by atoms with Crippen LogP contribution in [0.1, 0.15) is 5.56 Å². The largest absolute Gasteiger partial charge is 0.608 e. The average Bonchev–Trinajstić information content (AvgIpc) is 2.44. The Morgan fingerprint density at radius 1 is 1.16 bits per heavy atom. The second kappa shape index (κ2) is 7.66. The first-order valence-electron chi connectivity index (χ1n) is 7.35. The lowest BCUT2D eigenvalue weighted by Gasteiger charge is -2.22. The Hall–Kier alpha value is -2.40. The summed E-state index contributed by atoms with van der Waals surface area (Å²) < 4.78 is 35.8. The van der Waals surface area contributed by atoms with Gasteiger partial charge in [-0.2, -0.15) is 0 Å². The van der Waals surface area contributed by atoms with Crippen molar-refractivity contribution in [1.29, 1.82) is 0 Å². The van der Waals surface area contributed by atoms with Crippen LogP contribution >= 0.6 is 0 Å². The van der Waals surface area contributed by atoms with Crippen molar-refractivity contribution in [2.45, 2.75) is 18.1 Å². The van der Waals surface area contributed by atoms with Crippen LogP contribution in [0, 0.1) is 6.92 Å². The SMILES string of the molecule is Cc1ccc(S(=O)(=O)NC(=O)CB2OC(=O)CN(C)CC(=O)O2)cc1. The van der Waals surface area contributed by atoms with Gasteiger partial charge in [-0.1, -0.05) is 17.7 Å². The van der Waals surface area contributed by atoms with Crippen molar-refractivity contribution < 1.29 is 32.1 Å². The first-order valence-corrected chi connectivity index (χ1v) is 8.84. The van der Waals surface area contributed by atoms with Gasteiger partial charge in [0.05, 0.1) is 24.3 Å². The smallest absolute Gasteiger partial charge is 0.498 e. The molecule has 0 aliphatic carbocycles. The molecule has 1 aromatic rings. The molecule has 1 heterocycles. The zero-order chi connectivity index (χ0) is 18.6. The van der Waals surface area contributed by atoms with Crippen molar-refractivity contribution in [3.05, 3.63) is 29.8 Å². The summed E-state index contributed by atoms with van der Waals surface area (Å²) >= 11 is 0. The Bertz CT molecular complexity index is 759. The molecule has 134 valence electrons. The fourth-order valence-corrected chi connectivity index (χ4v) is 3.09. The first-order chi connectivity index (χ1) is 11.7. The highest BCUT2D eigenvalue weighted by atomic mass is 32.2. The van der Waals surface area contributed by atoms with E-state index in [0.29, 0.717) is 0 Å². The van der Waals surface area contributed by atoms with E-state index in [4.69, 9.17) is 9.31 Å². The highest BCUT2D eigenvalue weighted by Crippen LogP contribution is 2.11. The fraction of sp³-hybridized carbons (Fsp3) is 0.357. The monoisotopic (exact) mass is 368 g/mol. The van der Waals surface area contributed by atoms with Crippen LogP contribution in [0.15, 0.2) is 29.2 Å². The van der Waals surface area contributed by atoms with E-state index in [1.54, 1.807) is 19.1 Å². The van der Waals surface area contributed by atoms with Crippen LogP contribution in [0.2, 0.25) is 6.32 Å². The van der Waals surface area contributed by atoms with Crippen LogP contribution < -0.4 is 4.72 Å². The van der Waals surface area contributed by atoms with Crippen LogP contribution in [0.3, 0.4) is 0 Å². The number of aryl methyl sites for hydroxylation is 1. The Kier molecular flexibility index (Phi) is 5.80. The topological polar surface area (TPSA) is 119 Å². The van der Waals surface area contributed by atoms with Crippen LogP contribution in [-0.2, 0) is 33.7 Å². The lowest BCUT2D eigenvalue weighted by Crippen LogP contribution is -2.44. The van der Waals surface area contributed by atoms with E-state index in [0.717, 1.165) is 5.56 Å². The molecule has 25 heavy (non-hydrogen) atoms. The number of nitrogens with zero attached hydrogens (tertiary/aromatic N) is 1. The fourth-order valence-electron chi connectivity index (χ4n) is 2.09. The van der Waals surface area contributed by atoms with Gasteiger partial charge in [0.2, 0.25) is 5.91 Å². The molecule has 11 heteroatoms. The standard InChI is InChI=1S/C14H17BN2O7S/c1-10-3-5-11(6-4-10)25(21,22)16-12(18)7-15-23-13(19)8-17(2)9-14(20)24-15/h3-6H,7-9H2,1-2H3,(H,16,18). The molecule has 2 rings (SSSR count). The minimum atomic E-state index is -4.07. The van der Waals surface area contributed by atoms with Gasteiger partial charge in [-0.15, -0.1) is 0 Å². The third-order valence-corrected chi connectivity index (χ3v) is 4.64. The highest BCUT2D eigenvalue weighted by molar-refractivity contribution is 7.90. The minimum Gasteiger partial charge on any atom is -0.498 e. The summed E-state index contributed by atoms with van der Waals surface area (Å²) in [5.41, 5.74) is 0.864. The second-order valence-electron chi connectivity index (χ2n) is 5.63. The van der Waals surface area contributed by atoms with Gasteiger partial charge in [-0.3, -0.25) is 19.3 Å². The molecule has 1 N–H and O–H groups in total. The number of benzene rings is 1. The summed E-state index contributed by atoms with van der Waals surface area (Å²) in [4.78, 5) is 36.4. The number of carbonyl (C=O) groups excluding carboxylic acids is 3. The predicted octanol–water partition coefficient (Wildman–Crippen LogP) is -0.680. The molecule has 1 aliphatic rings. The normalized spacial score (nSPS) is 16.5. The number of nitrogens with one attached hydrogen (secondary N) is 1. The van der Waals surface area contributed by atoms with Crippen LogP contribution in [-0.4, -0.2) is 58.4 Å². The summed E-state index contributed by atoms with van der Waals surface area (Å²) in [6.45, 7) is 1.51. The highest BCUT2D eigenvalue weighted by Gasteiger charge is 2.35. The molecule has 0 aromatic heterocycles. The molecule has 9 nitrogen and oxygen atoms in total. The molecular formula is C14H17BN2O7S. The minimum absolute atomic E-state index is 0.0836. The van der Waals surface area contributed by atoms with E-state index < -0.39 is 41.3 Å². The Balaban J connectivity index is 2.01. The molecule has 0 atom stereocenters. The second-order valence-corrected chi connectivity index (χ2v) is 7.31. The number of sulfonamides is 1. The van der Waals surface area contributed by atoms with Crippen molar-refractivity contribution in [2.75, 3.05) is 20.1 Å². The predicted molar refractivity (Wildman–Crippen MR) is 86.7 cm³/mol. The van der Waals surface area contributed by atoms with Gasteiger partial charge >= 0.3 is 19.1 Å². The third-order valence-electron chi connectivity index (χ3n) is 3.26. The van der Waals surface area contributed by atoms with E-state index in [9.17, 15) is 22.8 Å². The Morgan fingerprint density at radius 3 is 2.20 bits per heavy atom. The number of hydrogen-bond donors (Lipinski definition) is 1. The van der Waals surface area contributed by atoms with E-state index in [1.807, 2.05) is 4.72 Å². The number of hydrogen-bond acceptors (Lipinski definition) is 8. The molecule has 1 aromatic carbocycles. The van der Waals surface area contributed by atoms with E-state index >= 15 is 0 Å². The van der Waals surface area contributed by atoms with Gasteiger partial charge in [-0.25, -0.2) is 13.1 Å². The lowest BCUT2D eigenvalue weighted by atomic mass is 9.84. The van der Waals surface area contributed by atoms with E-state index in [2.05, 4.69) is 0 Å². The summed E-state index contributed by atoms with van der Waals surface area (Å²) in [6.07, 6.45) is -0.619.